The summed E-state index contributed by atoms with van der Waals surface area (Å²) in [5, 5.41) is 10.00. The zero-order chi connectivity index (χ0) is 16.3. The predicted molar refractivity (Wildman–Crippen MR) is 85.8 cm³/mol. The lowest BCUT2D eigenvalue weighted by Gasteiger charge is -2.08. The molecule has 1 atom stereocenters. The van der Waals surface area contributed by atoms with Crippen molar-refractivity contribution in [2.24, 2.45) is 0 Å². The normalized spacial score (nSPS) is 16.5. The van der Waals surface area contributed by atoms with Gasteiger partial charge in [-0.1, -0.05) is 29.3 Å². The molecule has 0 aliphatic carbocycles. The highest BCUT2D eigenvalue weighted by Crippen LogP contribution is 2.41. The quantitative estimate of drug-likeness (QED) is 0.678. The van der Waals surface area contributed by atoms with E-state index in [0.717, 1.165) is 0 Å². The molecule has 0 spiro atoms. The fourth-order valence-electron chi connectivity index (χ4n) is 2.79. The lowest BCUT2D eigenvalue weighted by atomic mass is 10.1. The second-order valence-electron chi connectivity index (χ2n) is 5.25. The maximum atomic E-state index is 12.7. The first-order valence-electron chi connectivity index (χ1n) is 6.73. The van der Waals surface area contributed by atoms with Crippen LogP contribution in [0.4, 0.5) is 0 Å². The van der Waals surface area contributed by atoms with Crippen LogP contribution < -0.4 is 10.2 Å². The minimum Gasteiger partial charge on any atom is -0.478 e. The molecular weight excluding hydrogens is 343 g/mol. The maximum absolute atomic E-state index is 12.7. The van der Waals surface area contributed by atoms with Crippen molar-refractivity contribution in [2.45, 2.75) is 12.5 Å². The van der Waals surface area contributed by atoms with Crippen molar-refractivity contribution in [3.63, 3.8) is 0 Å². The summed E-state index contributed by atoms with van der Waals surface area (Å²) in [6, 6.07) is 6.45. The monoisotopic (exact) mass is 350 g/mol. The number of carbonyl (C=O) groups is 1. The third kappa shape index (κ3) is 2.00. The minimum absolute atomic E-state index is 0.0974. The van der Waals surface area contributed by atoms with E-state index in [1.54, 1.807) is 24.3 Å². The molecule has 2 heterocycles. The Morgan fingerprint density at radius 2 is 2.09 bits per heavy atom. The fourth-order valence-corrected chi connectivity index (χ4v) is 3.35. The van der Waals surface area contributed by atoms with Crippen LogP contribution >= 0.6 is 23.2 Å². The molecule has 0 radical (unpaired) electrons. The zero-order valence-electron chi connectivity index (χ0n) is 11.4. The number of ether oxygens (including phenoxy) is 1. The van der Waals surface area contributed by atoms with Crippen LogP contribution in [0.1, 0.15) is 5.56 Å². The Hall–Kier alpha value is -2.24. The van der Waals surface area contributed by atoms with Gasteiger partial charge in [0.25, 0.3) is 0 Å². The molecule has 5 nitrogen and oxygen atoms in total. The highest BCUT2D eigenvalue weighted by molar-refractivity contribution is 6.37. The molecule has 1 aliphatic heterocycles. The van der Waals surface area contributed by atoms with E-state index in [9.17, 15) is 9.59 Å². The van der Waals surface area contributed by atoms with E-state index >= 15 is 0 Å². The number of carboxylic acid groups (broad SMARTS) is 1. The molecule has 2 aromatic carbocycles. The zero-order valence-corrected chi connectivity index (χ0v) is 12.9. The van der Waals surface area contributed by atoms with Gasteiger partial charge in [0, 0.05) is 12.0 Å². The number of fused-ring (bicyclic) bond motifs is 3. The van der Waals surface area contributed by atoms with E-state index in [1.807, 2.05) is 0 Å². The van der Waals surface area contributed by atoms with Crippen LogP contribution in [0, 0.1) is 0 Å². The number of rotatable bonds is 1. The summed E-state index contributed by atoms with van der Waals surface area (Å²) in [5.74, 6) is -0.843. The van der Waals surface area contributed by atoms with Crippen LogP contribution in [0.3, 0.4) is 0 Å². The molecule has 4 rings (SSSR count). The Balaban J connectivity index is 2.09. The second kappa shape index (κ2) is 4.88. The summed E-state index contributed by atoms with van der Waals surface area (Å²) in [6.07, 6.45) is -0.882. The van der Waals surface area contributed by atoms with Gasteiger partial charge in [-0.3, -0.25) is 4.79 Å². The summed E-state index contributed by atoms with van der Waals surface area (Å²) in [7, 11) is 0. The average molecular weight is 351 g/mol. The Bertz CT molecular complexity index is 1050. The van der Waals surface area contributed by atoms with Crippen LogP contribution in [0.25, 0.3) is 21.9 Å². The maximum Gasteiger partial charge on any atom is 0.345 e. The van der Waals surface area contributed by atoms with Crippen LogP contribution in [-0.4, -0.2) is 17.2 Å². The van der Waals surface area contributed by atoms with Crippen LogP contribution in [0.2, 0.25) is 10.0 Å². The van der Waals surface area contributed by atoms with Gasteiger partial charge >= 0.3 is 5.97 Å². The molecular formula is C16H8Cl2O5. The summed E-state index contributed by atoms with van der Waals surface area (Å²) in [4.78, 5) is 23.8. The molecule has 3 aromatic rings. The van der Waals surface area contributed by atoms with Gasteiger partial charge in [0.15, 0.2) is 11.7 Å². The van der Waals surface area contributed by atoms with Crippen molar-refractivity contribution >= 4 is 51.1 Å². The van der Waals surface area contributed by atoms with Crippen molar-refractivity contribution in [3.8, 4) is 5.75 Å². The van der Waals surface area contributed by atoms with Gasteiger partial charge in [0.2, 0.25) is 5.43 Å². The first-order chi connectivity index (χ1) is 11.0. The average Bonchev–Trinajstić information content (AvgIpc) is 2.94. The third-order valence-corrected chi connectivity index (χ3v) is 4.51. The van der Waals surface area contributed by atoms with E-state index < -0.39 is 12.1 Å². The van der Waals surface area contributed by atoms with E-state index in [-0.39, 0.29) is 44.0 Å². The topological polar surface area (TPSA) is 76.7 Å². The molecule has 7 heteroatoms. The molecule has 0 saturated carbocycles. The number of benzene rings is 2. The number of aliphatic carboxylic acids is 1. The smallest absolute Gasteiger partial charge is 0.345 e. The highest BCUT2D eigenvalue weighted by Gasteiger charge is 2.32. The van der Waals surface area contributed by atoms with Crippen molar-refractivity contribution in [2.75, 3.05) is 0 Å². The standard InChI is InChI=1S/C16H8Cl2O5/c17-8-2-1-3-9-11(8)13(19)7-4-6-5-10(16(20)21)23-14(6)12(18)15(7)22-9/h1-4,10H,5H2,(H,20,21). The SMILES string of the molecule is O=C(O)C1Cc2cc3c(=O)c4c(Cl)cccc4oc3c(Cl)c2O1. The largest absolute Gasteiger partial charge is 0.478 e. The first-order valence-corrected chi connectivity index (χ1v) is 7.49. The van der Waals surface area contributed by atoms with E-state index in [1.165, 1.54) is 0 Å². The van der Waals surface area contributed by atoms with Gasteiger partial charge in [-0.15, -0.1) is 0 Å². The molecule has 0 amide bonds. The molecule has 1 aliphatic rings. The Morgan fingerprint density at radius 1 is 1.30 bits per heavy atom. The van der Waals surface area contributed by atoms with Gasteiger partial charge in [0.1, 0.15) is 16.4 Å². The molecule has 0 saturated heterocycles. The highest BCUT2D eigenvalue weighted by atomic mass is 35.5. The van der Waals surface area contributed by atoms with E-state index in [4.69, 9.17) is 37.5 Å². The number of hydrogen-bond acceptors (Lipinski definition) is 4. The van der Waals surface area contributed by atoms with Crippen LogP contribution in [0.5, 0.6) is 5.75 Å². The Kier molecular flexibility index (Phi) is 3.04. The minimum atomic E-state index is -1.09. The third-order valence-electron chi connectivity index (χ3n) is 3.85. The van der Waals surface area contributed by atoms with E-state index in [0.29, 0.717) is 11.1 Å². The van der Waals surface area contributed by atoms with Gasteiger partial charge < -0.3 is 14.3 Å². The predicted octanol–water partition coefficient (Wildman–Crippen LogP) is 3.64. The van der Waals surface area contributed by atoms with Gasteiger partial charge in [0.05, 0.1) is 15.8 Å². The lowest BCUT2D eigenvalue weighted by Crippen LogP contribution is -2.24. The van der Waals surface area contributed by atoms with Crippen LogP contribution in [0.15, 0.2) is 33.5 Å². The van der Waals surface area contributed by atoms with Crippen molar-refractivity contribution in [1.82, 2.24) is 0 Å². The summed E-state index contributed by atoms with van der Waals surface area (Å²) in [5.41, 5.74) is 0.727. The van der Waals surface area contributed by atoms with Gasteiger partial charge in [-0.25, -0.2) is 4.79 Å². The Morgan fingerprint density at radius 3 is 2.83 bits per heavy atom. The Labute approximate surface area is 139 Å². The number of carboxylic acids is 1. The number of halogens is 2. The first kappa shape index (κ1) is 14.4. The molecule has 116 valence electrons. The summed E-state index contributed by atoms with van der Waals surface area (Å²) < 4.78 is 11.1. The lowest BCUT2D eigenvalue weighted by molar-refractivity contribution is -0.144. The summed E-state index contributed by atoms with van der Waals surface area (Å²) >= 11 is 12.4. The molecule has 1 N–H and O–H groups in total. The summed E-state index contributed by atoms with van der Waals surface area (Å²) in [6.45, 7) is 0. The molecule has 1 unspecified atom stereocenters. The van der Waals surface area contributed by atoms with Crippen molar-refractivity contribution < 1.29 is 19.1 Å². The fraction of sp³-hybridized carbons (Fsp3) is 0.125. The van der Waals surface area contributed by atoms with Crippen molar-refractivity contribution in [3.05, 3.63) is 50.1 Å². The van der Waals surface area contributed by atoms with Gasteiger partial charge in [-0.05, 0) is 18.2 Å². The van der Waals surface area contributed by atoms with Crippen molar-refractivity contribution in [1.29, 1.82) is 0 Å². The van der Waals surface area contributed by atoms with Gasteiger partial charge in [-0.2, -0.15) is 0 Å². The molecule has 1 aromatic heterocycles. The van der Waals surface area contributed by atoms with E-state index in [2.05, 4.69) is 0 Å². The molecule has 23 heavy (non-hydrogen) atoms. The molecule has 0 fully saturated rings. The second-order valence-corrected chi connectivity index (χ2v) is 6.03. The number of hydrogen-bond donors (Lipinski definition) is 1. The van der Waals surface area contributed by atoms with Crippen LogP contribution in [-0.2, 0) is 11.2 Å². The molecule has 0 bridgehead atoms.